The Bertz CT molecular complexity index is 647. The molecule has 2 aromatic rings. The van der Waals surface area contributed by atoms with Gasteiger partial charge in [0.15, 0.2) is 11.6 Å². The average molecular weight is 292 g/mol. The Kier molecular flexibility index (Phi) is 4.84. The zero-order chi connectivity index (χ0) is 15.2. The molecule has 0 fully saturated rings. The van der Waals surface area contributed by atoms with Gasteiger partial charge in [-0.3, -0.25) is 0 Å². The fraction of sp³-hybridized carbons (Fsp3) is 0.133. The number of methoxy groups -OCH3 is 1. The second kappa shape index (κ2) is 6.81. The molecular weight excluding hydrogens is 278 g/mol. The van der Waals surface area contributed by atoms with Crippen molar-refractivity contribution in [3.63, 3.8) is 0 Å². The molecule has 4 nitrogen and oxygen atoms in total. The zero-order valence-electron chi connectivity index (χ0n) is 11.3. The van der Waals surface area contributed by atoms with Crippen LogP contribution in [0.1, 0.15) is 5.56 Å². The summed E-state index contributed by atoms with van der Waals surface area (Å²) in [4.78, 5) is 11.8. The number of halogens is 2. The summed E-state index contributed by atoms with van der Waals surface area (Å²) in [6, 6.07) is 9.92. The van der Waals surface area contributed by atoms with Crippen LogP contribution in [-0.4, -0.2) is 13.1 Å². The lowest BCUT2D eigenvalue weighted by Crippen LogP contribution is -2.20. The maximum atomic E-state index is 13.4. The van der Waals surface area contributed by atoms with Crippen LogP contribution in [0, 0.1) is 11.6 Å². The summed E-state index contributed by atoms with van der Waals surface area (Å²) in [5.41, 5.74) is 1.19. The van der Waals surface area contributed by atoms with Gasteiger partial charge >= 0.3 is 6.03 Å². The molecule has 0 saturated heterocycles. The van der Waals surface area contributed by atoms with Gasteiger partial charge in [-0.15, -0.1) is 0 Å². The first-order chi connectivity index (χ1) is 10.1. The molecule has 0 aliphatic heterocycles. The molecule has 0 bridgehead atoms. The van der Waals surface area contributed by atoms with Crippen LogP contribution in [0.15, 0.2) is 42.5 Å². The Hall–Kier alpha value is -2.47. The van der Waals surface area contributed by atoms with Gasteiger partial charge in [0.1, 0.15) is 0 Å². The fourth-order valence-electron chi connectivity index (χ4n) is 1.79. The number of nitrogens with one attached hydrogen (secondary N) is 2. The van der Waals surface area contributed by atoms with E-state index >= 15 is 0 Å². The molecule has 2 N–H and O–H groups in total. The van der Waals surface area contributed by atoms with Crippen LogP contribution in [0.5, 0.6) is 0 Å². The van der Waals surface area contributed by atoms with E-state index < -0.39 is 17.7 Å². The molecule has 0 radical (unpaired) electrons. The normalized spacial score (nSPS) is 10.2. The molecule has 0 aliphatic rings. The first-order valence-electron chi connectivity index (χ1n) is 6.20. The summed E-state index contributed by atoms with van der Waals surface area (Å²) in [5.74, 6) is -2.12. The van der Waals surface area contributed by atoms with E-state index in [0.29, 0.717) is 12.3 Å². The highest BCUT2D eigenvalue weighted by atomic mass is 19.2. The van der Waals surface area contributed by atoms with E-state index in [0.717, 1.165) is 11.6 Å². The lowest BCUT2D eigenvalue weighted by molar-refractivity contribution is 0.185. The maximum absolute atomic E-state index is 13.4. The lowest BCUT2D eigenvalue weighted by Gasteiger charge is -2.09. The highest BCUT2D eigenvalue weighted by molar-refractivity contribution is 5.99. The number of carbonyl (C=O) groups is 1. The second-order valence-electron chi connectivity index (χ2n) is 4.31. The van der Waals surface area contributed by atoms with Crippen LogP contribution in [0.2, 0.25) is 0 Å². The largest absolute Gasteiger partial charge is 0.380 e. The number of anilines is 2. The number of carbonyl (C=O) groups excluding carboxylic acids is 1. The van der Waals surface area contributed by atoms with E-state index in [9.17, 15) is 13.6 Å². The SMILES string of the molecule is COCc1cccc(NC(=O)Nc2cccc(F)c2F)c1. The van der Waals surface area contributed by atoms with Gasteiger partial charge in [-0.05, 0) is 29.8 Å². The zero-order valence-corrected chi connectivity index (χ0v) is 11.3. The molecule has 2 aromatic carbocycles. The molecule has 0 aromatic heterocycles. The van der Waals surface area contributed by atoms with E-state index in [-0.39, 0.29) is 5.69 Å². The number of benzene rings is 2. The predicted molar refractivity (Wildman–Crippen MR) is 76.2 cm³/mol. The summed E-state index contributed by atoms with van der Waals surface area (Å²) < 4.78 is 31.5. The highest BCUT2D eigenvalue weighted by Gasteiger charge is 2.10. The summed E-state index contributed by atoms with van der Waals surface area (Å²) >= 11 is 0. The van der Waals surface area contributed by atoms with Crippen molar-refractivity contribution in [1.29, 1.82) is 0 Å². The lowest BCUT2D eigenvalue weighted by atomic mass is 10.2. The molecule has 6 heteroatoms. The number of urea groups is 1. The number of amides is 2. The molecule has 21 heavy (non-hydrogen) atoms. The second-order valence-corrected chi connectivity index (χ2v) is 4.31. The van der Waals surface area contributed by atoms with Crippen molar-refractivity contribution in [2.24, 2.45) is 0 Å². The first-order valence-corrected chi connectivity index (χ1v) is 6.20. The molecule has 0 saturated carbocycles. The highest BCUT2D eigenvalue weighted by Crippen LogP contribution is 2.17. The van der Waals surface area contributed by atoms with E-state index in [4.69, 9.17) is 4.74 Å². The van der Waals surface area contributed by atoms with Gasteiger partial charge in [0, 0.05) is 12.8 Å². The topological polar surface area (TPSA) is 50.4 Å². The number of hydrogen-bond donors (Lipinski definition) is 2. The van der Waals surface area contributed by atoms with Gasteiger partial charge in [-0.1, -0.05) is 18.2 Å². The summed E-state index contributed by atoms with van der Waals surface area (Å²) in [6.45, 7) is 0.412. The number of hydrogen-bond acceptors (Lipinski definition) is 2. The monoisotopic (exact) mass is 292 g/mol. The van der Waals surface area contributed by atoms with Gasteiger partial charge in [0.25, 0.3) is 0 Å². The van der Waals surface area contributed by atoms with Gasteiger partial charge < -0.3 is 15.4 Å². The van der Waals surface area contributed by atoms with Crippen LogP contribution >= 0.6 is 0 Å². The Morgan fingerprint density at radius 1 is 1.14 bits per heavy atom. The van der Waals surface area contributed by atoms with Crippen LogP contribution < -0.4 is 10.6 Å². The number of rotatable bonds is 4. The third kappa shape index (κ3) is 4.00. The van der Waals surface area contributed by atoms with E-state index in [1.165, 1.54) is 12.1 Å². The first kappa shape index (κ1) is 14.9. The Balaban J connectivity index is 2.04. The van der Waals surface area contributed by atoms with E-state index in [1.54, 1.807) is 25.3 Å². The maximum Gasteiger partial charge on any atom is 0.323 e. The van der Waals surface area contributed by atoms with Crippen molar-refractivity contribution >= 4 is 17.4 Å². The van der Waals surface area contributed by atoms with Crippen LogP contribution in [0.4, 0.5) is 25.0 Å². The van der Waals surface area contributed by atoms with Crippen molar-refractivity contribution in [3.8, 4) is 0 Å². The Morgan fingerprint density at radius 2 is 1.90 bits per heavy atom. The summed E-state index contributed by atoms with van der Waals surface area (Å²) in [6.07, 6.45) is 0. The molecule has 0 heterocycles. The van der Waals surface area contributed by atoms with Crippen LogP contribution in [0.3, 0.4) is 0 Å². The fourth-order valence-corrected chi connectivity index (χ4v) is 1.79. The molecule has 110 valence electrons. The molecule has 0 spiro atoms. The molecule has 2 rings (SSSR count). The minimum absolute atomic E-state index is 0.222. The van der Waals surface area contributed by atoms with Crippen molar-refractivity contribution in [2.45, 2.75) is 6.61 Å². The standard InChI is InChI=1S/C15H14F2N2O2/c1-21-9-10-4-2-5-11(8-10)18-15(20)19-13-7-3-6-12(16)14(13)17/h2-8H,9H2,1H3,(H2,18,19,20). The quantitative estimate of drug-likeness (QED) is 0.901. The van der Waals surface area contributed by atoms with Crippen molar-refractivity contribution in [1.82, 2.24) is 0 Å². The van der Waals surface area contributed by atoms with Gasteiger partial charge in [0.2, 0.25) is 0 Å². The molecule has 0 atom stereocenters. The van der Waals surface area contributed by atoms with Crippen LogP contribution in [-0.2, 0) is 11.3 Å². The average Bonchev–Trinajstić information content (AvgIpc) is 2.44. The summed E-state index contributed by atoms with van der Waals surface area (Å²) in [7, 11) is 1.57. The minimum Gasteiger partial charge on any atom is -0.380 e. The Labute approximate surface area is 120 Å². The predicted octanol–water partition coefficient (Wildman–Crippen LogP) is 3.76. The van der Waals surface area contributed by atoms with Crippen LogP contribution in [0.25, 0.3) is 0 Å². The Morgan fingerprint density at radius 3 is 2.67 bits per heavy atom. The smallest absolute Gasteiger partial charge is 0.323 e. The molecule has 0 aliphatic carbocycles. The van der Waals surface area contributed by atoms with Crippen molar-refractivity contribution < 1.29 is 18.3 Å². The molecular formula is C15H14F2N2O2. The summed E-state index contributed by atoms with van der Waals surface area (Å²) in [5, 5.41) is 4.80. The molecule has 0 unspecified atom stereocenters. The third-order valence-corrected chi connectivity index (χ3v) is 2.70. The van der Waals surface area contributed by atoms with Gasteiger partial charge in [-0.25, -0.2) is 13.6 Å². The number of ether oxygens (including phenoxy) is 1. The van der Waals surface area contributed by atoms with E-state index in [2.05, 4.69) is 10.6 Å². The van der Waals surface area contributed by atoms with Gasteiger partial charge in [0.05, 0.1) is 12.3 Å². The van der Waals surface area contributed by atoms with Crippen molar-refractivity contribution in [3.05, 3.63) is 59.7 Å². The van der Waals surface area contributed by atoms with Crippen molar-refractivity contribution in [2.75, 3.05) is 17.7 Å². The minimum atomic E-state index is -1.10. The van der Waals surface area contributed by atoms with E-state index in [1.807, 2.05) is 6.07 Å². The van der Waals surface area contributed by atoms with Gasteiger partial charge in [-0.2, -0.15) is 0 Å². The third-order valence-electron chi connectivity index (χ3n) is 2.70. The molecule has 2 amide bonds.